The maximum absolute atomic E-state index is 12.1. The molecule has 1 saturated heterocycles. The van der Waals surface area contributed by atoms with Gasteiger partial charge in [0.05, 0.1) is 6.42 Å². The normalized spacial score (nSPS) is 15.1. The van der Waals surface area contributed by atoms with E-state index in [0.29, 0.717) is 6.54 Å². The van der Waals surface area contributed by atoms with Crippen molar-refractivity contribution in [3.8, 4) is 0 Å². The third-order valence-electron chi connectivity index (χ3n) is 3.21. The summed E-state index contributed by atoms with van der Waals surface area (Å²) < 4.78 is 0. The van der Waals surface area contributed by atoms with Gasteiger partial charge in [0.25, 0.3) is 5.91 Å². The molecule has 2 rings (SSSR count). The second-order valence-electron chi connectivity index (χ2n) is 4.57. The quantitative estimate of drug-likeness (QED) is 0.758. The second-order valence-corrected chi connectivity index (χ2v) is 4.57. The van der Waals surface area contributed by atoms with Gasteiger partial charge in [-0.05, 0) is 11.6 Å². The molecule has 0 aliphatic carbocycles. The van der Waals surface area contributed by atoms with Crippen LogP contribution in [-0.2, 0) is 20.8 Å². The molecule has 0 N–H and O–H groups in total. The molecule has 1 aromatic carbocycles. The van der Waals surface area contributed by atoms with Crippen molar-refractivity contribution in [1.82, 2.24) is 9.80 Å². The SMILES string of the molecule is C=CC(=O)N1CCN(C(=O)Cc2ccccc2)CC1=O. The van der Waals surface area contributed by atoms with Crippen LogP contribution in [-0.4, -0.2) is 47.2 Å². The van der Waals surface area contributed by atoms with Crippen LogP contribution in [0.5, 0.6) is 0 Å². The third kappa shape index (κ3) is 3.12. The van der Waals surface area contributed by atoms with Gasteiger partial charge in [0.2, 0.25) is 11.8 Å². The zero-order valence-electron chi connectivity index (χ0n) is 11.1. The summed E-state index contributed by atoms with van der Waals surface area (Å²) in [6, 6.07) is 9.37. The smallest absolute Gasteiger partial charge is 0.252 e. The molecule has 0 unspecified atom stereocenters. The van der Waals surface area contributed by atoms with E-state index in [2.05, 4.69) is 6.58 Å². The maximum atomic E-state index is 12.1. The highest BCUT2D eigenvalue weighted by Gasteiger charge is 2.29. The van der Waals surface area contributed by atoms with Crippen molar-refractivity contribution in [2.45, 2.75) is 6.42 Å². The van der Waals surface area contributed by atoms with Crippen molar-refractivity contribution in [2.75, 3.05) is 19.6 Å². The summed E-state index contributed by atoms with van der Waals surface area (Å²) in [7, 11) is 0. The summed E-state index contributed by atoms with van der Waals surface area (Å²) in [5, 5.41) is 0. The van der Waals surface area contributed by atoms with Crippen molar-refractivity contribution < 1.29 is 14.4 Å². The van der Waals surface area contributed by atoms with Crippen molar-refractivity contribution in [3.05, 3.63) is 48.6 Å². The molecule has 0 radical (unpaired) electrons. The van der Waals surface area contributed by atoms with Gasteiger partial charge in [-0.3, -0.25) is 19.3 Å². The minimum absolute atomic E-state index is 0.0504. The van der Waals surface area contributed by atoms with Crippen LogP contribution in [0.25, 0.3) is 0 Å². The Kier molecular flexibility index (Phi) is 4.30. The Hall–Kier alpha value is -2.43. The number of carbonyl (C=O) groups is 3. The predicted octanol–water partition coefficient (Wildman–Crippen LogP) is 0.612. The molecule has 0 aromatic heterocycles. The molecular formula is C15H16N2O3. The Morgan fingerprint density at radius 2 is 1.90 bits per heavy atom. The molecule has 1 heterocycles. The fourth-order valence-electron chi connectivity index (χ4n) is 2.11. The topological polar surface area (TPSA) is 57.7 Å². The summed E-state index contributed by atoms with van der Waals surface area (Å²) in [4.78, 5) is 38.0. The van der Waals surface area contributed by atoms with Crippen LogP contribution in [0.15, 0.2) is 43.0 Å². The van der Waals surface area contributed by atoms with Crippen LogP contribution >= 0.6 is 0 Å². The second kappa shape index (κ2) is 6.14. The minimum Gasteiger partial charge on any atom is -0.331 e. The molecule has 104 valence electrons. The van der Waals surface area contributed by atoms with E-state index in [9.17, 15) is 14.4 Å². The van der Waals surface area contributed by atoms with Gasteiger partial charge in [0, 0.05) is 13.1 Å². The summed E-state index contributed by atoms with van der Waals surface area (Å²) in [6.45, 7) is 3.90. The fourth-order valence-corrected chi connectivity index (χ4v) is 2.11. The molecule has 3 amide bonds. The monoisotopic (exact) mass is 272 g/mol. The van der Waals surface area contributed by atoms with Crippen molar-refractivity contribution in [2.24, 2.45) is 0 Å². The van der Waals surface area contributed by atoms with Gasteiger partial charge in [-0.25, -0.2) is 0 Å². The van der Waals surface area contributed by atoms with Gasteiger partial charge in [-0.1, -0.05) is 36.9 Å². The lowest BCUT2D eigenvalue weighted by Crippen LogP contribution is -2.54. The Labute approximate surface area is 117 Å². The Bertz CT molecular complexity index is 539. The zero-order valence-corrected chi connectivity index (χ0v) is 11.1. The Morgan fingerprint density at radius 1 is 1.20 bits per heavy atom. The van der Waals surface area contributed by atoms with Gasteiger partial charge in [0.15, 0.2) is 0 Å². The Morgan fingerprint density at radius 3 is 2.50 bits per heavy atom. The number of imide groups is 1. The van der Waals surface area contributed by atoms with Crippen LogP contribution in [0.4, 0.5) is 0 Å². The highest BCUT2D eigenvalue weighted by atomic mass is 16.2. The van der Waals surface area contributed by atoms with Crippen LogP contribution in [0.2, 0.25) is 0 Å². The molecule has 0 bridgehead atoms. The lowest BCUT2D eigenvalue weighted by Gasteiger charge is -2.32. The van der Waals surface area contributed by atoms with E-state index >= 15 is 0 Å². The molecule has 5 heteroatoms. The molecule has 0 spiro atoms. The molecule has 20 heavy (non-hydrogen) atoms. The summed E-state index contributed by atoms with van der Waals surface area (Å²) in [6.07, 6.45) is 1.38. The third-order valence-corrected chi connectivity index (χ3v) is 3.21. The number of nitrogens with zero attached hydrogens (tertiary/aromatic N) is 2. The van der Waals surface area contributed by atoms with Gasteiger partial charge in [-0.15, -0.1) is 0 Å². The first-order valence-corrected chi connectivity index (χ1v) is 6.40. The average Bonchev–Trinajstić information content (AvgIpc) is 2.47. The number of piperazine rings is 1. The fraction of sp³-hybridized carbons (Fsp3) is 0.267. The first kappa shape index (κ1) is 14.0. The van der Waals surface area contributed by atoms with Gasteiger partial charge < -0.3 is 4.90 Å². The van der Waals surface area contributed by atoms with Crippen LogP contribution < -0.4 is 0 Å². The largest absolute Gasteiger partial charge is 0.331 e. The number of rotatable bonds is 3. The molecule has 1 aromatic rings. The number of amides is 3. The van der Waals surface area contributed by atoms with Gasteiger partial charge in [0.1, 0.15) is 6.54 Å². The highest BCUT2D eigenvalue weighted by molar-refractivity contribution is 6.02. The predicted molar refractivity (Wildman–Crippen MR) is 73.6 cm³/mol. The summed E-state index contributed by atoms with van der Waals surface area (Å²) in [5.74, 6) is -0.872. The number of carbonyl (C=O) groups excluding carboxylic acids is 3. The lowest BCUT2D eigenvalue weighted by atomic mass is 10.1. The Balaban J connectivity index is 1.95. The van der Waals surface area contributed by atoms with E-state index in [1.807, 2.05) is 30.3 Å². The lowest BCUT2D eigenvalue weighted by molar-refractivity contribution is -0.151. The molecule has 1 aliphatic heterocycles. The average molecular weight is 272 g/mol. The first-order chi connectivity index (χ1) is 9.61. The summed E-state index contributed by atoms with van der Waals surface area (Å²) >= 11 is 0. The van der Waals surface area contributed by atoms with E-state index in [1.165, 1.54) is 4.90 Å². The highest BCUT2D eigenvalue weighted by Crippen LogP contribution is 2.08. The van der Waals surface area contributed by atoms with E-state index in [0.717, 1.165) is 16.5 Å². The molecule has 0 saturated carbocycles. The molecular weight excluding hydrogens is 256 g/mol. The standard InChI is InChI=1S/C15H16N2O3/c1-2-13(18)17-9-8-16(11-15(17)20)14(19)10-12-6-4-3-5-7-12/h2-7H,1,8-11H2. The minimum atomic E-state index is -0.412. The van der Waals surface area contributed by atoms with Gasteiger partial charge >= 0.3 is 0 Å². The van der Waals surface area contributed by atoms with Crippen molar-refractivity contribution >= 4 is 17.7 Å². The van der Waals surface area contributed by atoms with E-state index in [-0.39, 0.29) is 31.3 Å². The van der Waals surface area contributed by atoms with Crippen LogP contribution in [0.3, 0.4) is 0 Å². The van der Waals surface area contributed by atoms with E-state index in [1.54, 1.807) is 0 Å². The van der Waals surface area contributed by atoms with E-state index < -0.39 is 5.91 Å². The molecule has 0 atom stereocenters. The summed E-state index contributed by atoms with van der Waals surface area (Å²) in [5.41, 5.74) is 0.912. The van der Waals surface area contributed by atoms with Crippen LogP contribution in [0, 0.1) is 0 Å². The number of hydrogen-bond acceptors (Lipinski definition) is 3. The maximum Gasteiger partial charge on any atom is 0.252 e. The number of benzene rings is 1. The zero-order chi connectivity index (χ0) is 14.5. The molecule has 1 aliphatic rings. The van der Waals surface area contributed by atoms with Crippen molar-refractivity contribution in [3.63, 3.8) is 0 Å². The first-order valence-electron chi connectivity index (χ1n) is 6.40. The van der Waals surface area contributed by atoms with Crippen molar-refractivity contribution in [1.29, 1.82) is 0 Å². The van der Waals surface area contributed by atoms with E-state index in [4.69, 9.17) is 0 Å². The molecule has 5 nitrogen and oxygen atoms in total. The number of hydrogen-bond donors (Lipinski definition) is 0. The van der Waals surface area contributed by atoms with Crippen LogP contribution in [0.1, 0.15) is 5.56 Å². The van der Waals surface area contributed by atoms with Gasteiger partial charge in [-0.2, -0.15) is 0 Å². The molecule has 1 fully saturated rings.